The summed E-state index contributed by atoms with van der Waals surface area (Å²) in [4.78, 5) is 11.9. The Balaban J connectivity index is 2.44. The van der Waals surface area contributed by atoms with Crippen LogP contribution in [0.5, 0.6) is 0 Å². The van der Waals surface area contributed by atoms with Crippen LogP contribution in [0.2, 0.25) is 0 Å². The highest BCUT2D eigenvalue weighted by Crippen LogP contribution is 2.14. The van der Waals surface area contributed by atoms with Gasteiger partial charge < -0.3 is 10.6 Å². The molecule has 2 N–H and O–H groups in total. The molecule has 0 saturated heterocycles. The molecule has 0 unspecified atom stereocenters. The summed E-state index contributed by atoms with van der Waals surface area (Å²) in [5, 5.41) is 10.3. The monoisotopic (exact) mass is 252 g/mol. The maximum absolute atomic E-state index is 11.9. The molecular weight excluding hydrogens is 228 g/mol. The first-order valence-electron chi connectivity index (χ1n) is 6.59. The first kappa shape index (κ1) is 14.7. The van der Waals surface area contributed by atoms with Gasteiger partial charge in [-0.2, -0.15) is 5.10 Å². The zero-order valence-electron chi connectivity index (χ0n) is 11.8. The molecule has 0 fully saturated rings. The summed E-state index contributed by atoms with van der Waals surface area (Å²) in [6.07, 6.45) is 1.10. The predicted molar refractivity (Wildman–Crippen MR) is 72.8 cm³/mol. The molecular formula is C13H24N4O. The average Bonchev–Trinajstić information content (AvgIpc) is 2.71. The minimum Gasteiger partial charge on any atom is -0.349 e. The molecule has 1 aromatic heterocycles. The number of nitrogens with one attached hydrogen (secondary N) is 2. The molecule has 0 aliphatic rings. The lowest BCUT2D eigenvalue weighted by atomic mass is 10.1. The van der Waals surface area contributed by atoms with E-state index in [9.17, 15) is 4.79 Å². The highest BCUT2D eigenvalue weighted by Gasteiger charge is 2.13. The Bertz CT molecular complexity index is 384. The number of rotatable bonds is 7. The third-order valence-electron chi connectivity index (χ3n) is 2.75. The van der Waals surface area contributed by atoms with E-state index in [0.717, 1.165) is 25.2 Å². The molecule has 0 aromatic carbocycles. The Morgan fingerprint density at radius 3 is 2.67 bits per heavy atom. The number of carbonyl (C=O) groups is 1. The van der Waals surface area contributed by atoms with Gasteiger partial charge in [0.2, 0.25) is 0 Å². The zero-order valence-corrected chi connectivity index (χ0v) is 11.8. The van der Waals surface area contributed by atoms with Crippen molar-refractivity contribution in [3.8, 4) is 0 Å². The molecule has 0 spiro atoms. The number of hydrogen-bond donors (Lipinski definition) is 2. The van der Waals surface area contributed by atoms with Crippen LogP contribution in [0.25, 0.3) is 0 Å². The highest BCUT2D eigenvalue weighted by molar-refractivity contribution is 5.92. The predicted octanol–water partition coefficient (Wildman–Crippen LogP) is 1.27. The van der Waals surface area contributed by atoms with Gasteiger partial charge in [0, 0.05) is 25.8 Å². The lowest BCUT2D eigenvalue weighted by molar-refractivity contribution is 0.0948. The van der Waals surface area contributed by atoms with Crippen LogP contribution in [-0.4, -0.2) is 35.3 Å². The fourth-order valence-electron chi connectivity index (χ4n) is 1.79. The van der Waals surface area contributed by atoms with Crippen LogP contribution in [0.4, 0.5) is 0 Å². The van der Waals surface area contributed by atoms with Gasteiger partial charge in [0.05, 0.1) is 0 Å². The van der Waals surface area contributed by atoms with E-state index in [-0.39, 0.29) is 5.91 Å². The van der Waals surface area contributed by atoms with E-state index in [4.69, 9.17) is 0 Å². The van der Waals surface area contributed by atoms with E-state index < -0.39 is 0 Å². The number of aromatic nitrogens is 2. The van der Waals surface area contributed by atoms with Gasteiger partial charge in [-0.25, -0.2) is 0 Å². The molecule has 1 rings (SSSR count). The molecule has 5 heteroatoms. The number of hydrogen-bond acceptors (Lipinski definition) is 3. The van der Waals surface area contributed by atoms with Gasteiger partial charge in [-0.05, 0) is 24.9 Å². The highest BCUT2D eigenvalue weighted by atomic mass is 16.1. The summed E-state index contributed by atoms with van der Waals surface area (Å²) in [5.41, 5.74) is 1.57. The Hall–Kier alpha value is -1.36. The largest absolute Gasteiger partial charge is 0.349 e. The van der Waals surface area contributed by atoms with Crippen molar-refractivity contribution in [2.45, 2.75) is 33.1 Å². The van der Waals surface area contributed by atoms with Crippen LogP contribution < -0.4 is 10.6 Å². The molecule has 0 bridgehead atoms. The summed E-state index contributed by atoms with van der Waals surface area (Å²) >= 11 is 0. The molecule has 1 aromatic rings. The summed E-state index contributed by atoms with van der Waals surface area (Å²) in [5.74, 6) is 0.270. The lowest BCUT2D eigenvalue weighted by Gasteiger charge is -2.03. The van der Waals surface area contributed by atoms with Crippen LogP contribution in [0.15, 0.2) is 6.07 Å². The van der Waals surface area contributed by atoms with Crippen molar-refractivity contribution in [2.24, 2.45) is 7.05 Å². The molecule has 0 aliphatic heterocycles. The van der Waals surface area contributed by atoms with Gasteiger partial charge in [-0.1, -0.05) is 20.8 Å². The van der Waals surface area contributed by atoms with Crippen molar-refractivity contribution in [3.05, 3.63) is 17.5 Å². The second-order valence-electron chi connectivity index (χ2n) is 4.74. The number of nitrogens with zero attached hydrogens (tertiary/aromatic N) is 2. The Morgan fingerprint density at radius 2 is 2.11 bits per heavy atom. The first-order chi connectivity index (χ1) is 8.56. The first-order valence-corrected chi connectivity index (χ1v) is 6.59. The standard InChI is InChI=1S/C13H24N4O/c1-5-6-14-7-8-15-13(18)11-9-12(10(2)3)17(4)16-11/h9-10,14H,5-8H2,1-4H3,(H,15,18). The van der Waals surface area contributed by atoms with Crippen LogP contribution in [-0.2, 0) is 7.05 Å². The maximum atomic E-state index is 11.9. The topological polar surface area (TPSA) is 58.9 Å². The second-order valence-corrected chi connectivity index (χ2v) is 4.74. The van der Waals surface area contributed by atoms with Crippen molar-refractivity contribution in [1.82, 2.24) is 20.4 Å². The van der Waals surface area contributed by atoms with E-state index in [1.54, 1.807) is 4.68 Å². The van der Waals surface area contributed by atoms with Gasteiger partial charge in [-0.15, -0.1) is 0 Å². The molecule has 18 heavy (non-hydrogen) atoms. The van der Waals surface area contributed by atoms with E-state index in [0.29, 0.717) is 18.2 Å². The van der Waals surface area contributed by atoms with Crippen molar-refractivity contribution in [2.75, 3.05) is 19.6 Å². The van der Waals surface area contributed by atoms with Gasteiger partial charge in [0.15, 0.2) is 0 Å². The number of aryl methyl sites for hydroxylation is 1. The quantitative estimate of drug-likeness (QED) is 0.719. The second kappa shape index (κ2) is 7.16. The third-order valence-corrected chi connectivity index (χ3v) is 2.75. The van der Waals surface area contributed by atoms with Gasteiger partial charge >= 0.3 is 0 Å². The minimum absolute atomic E-state index is 0.101. The normalized spacial score (nSPS) is 10.9. The summed E-state index contributed by atoms with van der Waals surface area (Å²) < 4.78 is 1.77. The number of carbonyl (C=O) groups excluding carboxylic acids is 1. The molecule has 0 radical (unpaired) electrons. The van der Waals surface area contributed by atoms with Crippen molar-refractivity contribution < 1.29 is 4.79 Å². The molecule has 0 aliphatic carbocycles. The number of amides is 1. The van der Waals surface area contributed by atoms with Crippen molar-refractivity contribution in [3.63, 3.8) is 0 Å². The fourth-order valence-corrected chi connectivity index (χ4v) is 1.79. The molecule has 1 amide bonds. The van der Waals surface area contributed by atoms with Gasteiger partial charge in [0.1, 0.15) is 5.69 Å². The van der Waals surface area contributed by atoms with Crippen LogP contribution in [0.3, 0.4) is 0 Å². The van der Waals surface area contributed by atoms with Crippen molar-refractivity contribution in [1.29, 1.82) is 0 Å². The summed E-state index contributed by atoms with van der Waals surface area (Å²) in [7, 11) is 1.87. The molecule has 5 nitrogen and oxygen atoms in total. The van der Waals surface area contributed by atoms with E-state index in [1.807, 2.05) is 13.1 Å². The minimum atomic E-state index is -0.101. The Morgan fingerprint density at radius 1 is 1.39 bits per heavy atom. The summed E-state index contributed by atoms with van der Waals surface area (Å²) in [6.45, 7) is 8.71. The Kier molecular flexibility index (Phi) is 5.85. The van der Waals surface area contributed by atoms with Gasteiger partial charge in [-0.3, -0.25) is 9.48 Å². The van der Waals surface area contributed by atoms with E-state index in [1.165, 1.54) is 0 Å². The third kappa shape index (κ3) is 4.14. The van der Waals surface area contributed by atoms with Crippen molar-refractivity contribution >= 4 is 5.91 Å². The molecule has 1 heterocycles. The van der Waals surface area contributed by atoms with Crippen LogP contribution in [0.1, 0.15) is 49.3 Å². The average molecular weight is 252 g/mol. The van der Waals surface area contributed by atoms with Crippen LogP contribution in [0, 0.1) is 0 Å². The fraction of sp³-hybridized carbons (Fsp3) is 0.692. The maximum Gasteiger partial charge on any atom is 0.271 e. The van der Waals surface area contributed by atoms with Gasteiger partial charge in [0.25, 0.3) is 5.91 Å². The molecule has 0 atom stereocenters. The zero-order chi connectivity index (χ0) is 13.5. The van der Waals surface area contributed by atoms with E-state index >= 15 is 0 Å². The SMILES string of the molecule is CCCNCCNC(=O)c1cc(C(C)C)n(C)n1. The summed E-state index contributed by atoms with van der Waals surface area (Å²) in [6, 6.07) is 1.86. The molecule has 0 saturated carbocycles. The Labute approximate surface area is 109 Å². The van der Waals surface area contributed by atoms with E-state index in [2.05, 4.69) is 36.5 Å². The van der Waals surface area contributed by atoms with Crippen LogP contribution >= 0.6 is 0 Å². The smallest absolute Gasteiger partial charge is 0.271 e. The lowest BCUT2D eigenvalue weighted by Crippen LogP contribution is -2.32. The molecule has 102 valence electrons.